The van der Waals surface area contributed by atoms with Crippen molar-refractivity contribution in [2.45, 2.75) is 13.0 Å². The second-order valence-corrected chi connectivity index (χ2v) is 5.05. The Bertz CT molecular complexity index is 582. The Morgan fingerprint density at radius 2 is 2.10 bits per heavy atom. The molecular weight excluding hydrogens is 288 g/mol. The zero-order valence-corrected chi connectivity index (χ0v) is 12.7. The molecule has 5 nitrogen and oxygen atoms in total. The minimum absolute atomic E-state index is 0. The second-order valence-electron chi connectivity index (χ2n) is 5.05. The summed E-state index contributed by atoms with van der Waals surface area (Å²) in [4.78, 5) is 14.4. The highest BCUT2D eigenvalue weighted by molar-refractivity contribution is 5.94. The minimum atomic E-state index is 0. The zero-order chi connectivity index (χ0) is 13.9. The van der Waals surface area contributed by atoms with Crippen molar-refractivity contribution < 1.29 is 4.79 Å². The fourth-order valence-corrected chi connectivity index (χ4v) is 2.49. The smallest absolute Gasteiger partial charge is 0.254 e. The van der Waals surface area contributed by atoms with E-state index in [1.807, 2.05) is 41.4 Å². The number of halogens is 1. The Hall–Kier alpha value is -1.85. The predicted octanol–water partition coefficient (Wildman–Crippen LogP) is 1.73. The molecule has 6 heteroatoms. The van der Waals surface area contributed by atoms with Crippen LogP contribution >= 0.6 is 12.4 Å². The van der Waals surface area contributed by atoms with Crippen LogP contribution in [0, 0.1) is 0 Å². The van der Waals surface area contributed by atoms with Gasteiger partial charge in [0.1, 0.15) is 0 Å². The van der Waals surface area contributed by atoms with Crippen molar-refractivity contribution >= 4 is 18.3 Å². The summed E-state index contributed by atoms with van der Waals surface area (Å²) in [6.07, 6.45) is 3.62. The number of hydrogen-bond donors (Lipinski definition) is 1. The molecule has 1 aromatic heterocycles. The van der Waals surface area contributed by atoms with Gasteiger partial charge >= 0.3 is 0 Å². The third-order valence-corrected chi connectivity index (χ3v) is 3.65. The van der Waals surface area contributed by atoms with Gasteiger partial charge in [-0.25, -0.2) is 4.68 Å². The summed E-state index contributed by atoms with van der Waals surface area (Å²) in [7, 11) is 0. The third kappa shape index (κ3) is 3.25. The average molecular weight is 307 g/mol. The number of aromatic nitrogens is 2. The summed E-state index contributed by atoms with van der Waals surface area (Å²) < 4.78 is 1.78. The number of rotatable bonds is 2. The molecule has 0 saturated carbocycles. The fourth-order valence-electron chi connectivity index (χ4n) is 2.49. The molecule has 0 spiro atoms. The highest BCUT2D eigenvalue weighted by Gasteiger charge is 2.23. The average Bonchev–Trinajstić information content (AvgIpc) is 3.01. The van der Waals surface area contributed by atoms with Crippen molar-refractivity contribution in [3.8, 4) is 5.69 Å². The lowest BCUT2D eigenvalue weighted by Crippen LogP contribution is -2.52. The molecular formula is C15H19ClN4O. The van der Waals surface area contributed by atoms with Gasteiger partial charge in [0.05, 0.1) is 5.69 Å². The number of carbonyl (C=O) groups is 1. The normalized spacial score (nSPS) is 18.1. The Kier molecular flexibility index (Phi) is 4.98. The number of amides is 1. The molecule has 1 aliphatic rings. The lowest BCUT2D eigenvalue weighted by atomic mass is 10.1. The summed E-state index contributed by atoms with van der Waals surface area (Å²) in [6.45, 7) is 4.56. The van der Waals surface area contributed by atoms with Crippen LogP contribution in [0.25, 0.3) is 5.69 Å². The highest BCUT2D eigenvalue weighted by Crippen LogP contribution is 2.13. The van der Waals surface area contributed by atoms with Crippen molar-refractivity contribution in [2.75, 3.05) is 19.6 Å². The molecule has 1 aromatic carbocycles. The molecule has 0 aliphatic carbocycles. The molecule has 112 valence electrons. The summed E-state index contributed by atoms with van der Waals surface area (Å²) in [5.41, 5.74) is 1.69. The van der Waals surface area contributed by atoms with E-state index in [9.17, 15) is 4.79 Å². The zero-order valence-electron chi connectivity index (χ0n) is 11.9. The van der Waals surface area contributed by atoms with Gasteiger partial charge in [-0.1, -0.05) is 0 Å². The Labute approximate surface area is 130 Å². The van der Waals surface area contributed by atoms with E-state index in [2.05, 4.69) is 17.3 Å². The van der Waals surface area contributed by atoms with Gasteiger partial charge in [0.15, 0.2) is 0 Å². The van der Waals surface area contributed by atoms with E-state index < -0.39 is 0 Å². The number of hydrogen-bond acceptors (Lipinski definition) is 3. The first kappa shape index (κ1) is 15.5. The maximum atomic E-state index is 12.5. The van der Waals surface area contributed by atoms with Gasteiger partial charge in [-0.2, -0.15) is 5.10 Å². The molecule has 0 bridgehead atoms. The molecule has 1 amide bonds. The first-order valence-electron chi connectivity index (χ1n) is 6.87. The molecule has 3 rings (SSSR count). The van der Waals surface area contributed by atoms with Crippen LogP contribution in [-0.2, 0) is 0 Å². The van der Waals surface area contributed by atoms with E-state index in [4.69, 9.17) is 0 Å². The number of benzene rings is 1. The molecule has 1 fully saturated rings. The maximum Gasteiger partial charge on any atom is 0.254 e. The quantitative estimate of drug-likeness (QED) is 0.919. The van der Waals surface area contributed by atoms with E-state index in [0.29, 0.717) is 0 Å². The van der Waals surface area contributed by atoms with Gasteiger partial charge in [0.25, 0.3) is 5.91 Å². The van der Waals surface area contributed by atoms with Crippen molar-refractivity contribution in [2.24, 2.45) is 0 Å². The van der Waals surface area contributed by atoms with Crippen molar-refractivity contribution in [3.05, 3.63) is 48.3 Å². The van der Waals surface area contributed by atoms with Crippen molar-refractivity contribution in [1.29, 1.82) is 0 Å². The Balaban J connectivity index is 0.00000161. The molecule has 21 heavy (non-hydrogen) atoms. The summed E-state index contributed by atoms with van der Waals surface area (Å²) >= 11 is 0. The Morgan fingerprint density at radius 1 is 1.33 bits per heavy atom. The van der Waals surface area contributed by atoms with Crippen LogP contribution in [0.2, 0.25) is 0 Å². The number of nitrogens with zero attached hydrogens (tertiary/aromatic N) is 3. The molecule has 1 atom stereocenters. The Morgan fingerprint density at radius 3 is 2.71 bits per heavy atom. The van der Waals surface area contributed by atoms with Crippen LogP contribution in [0.5, 0.6) is 0 Å². The van der Waals surface area contributed by atoms with Crippen LogP contribution in [-0.4, -0.2) is 46.3 Å². The van der Waals surface area contributed by atoms with Crippen LogP contribution < -0.4 is 5.32 Å². The molecule has 0 radical (unpaired) electrons. The lowest BCUT2D eigenvalue weighted by molar-refractivity contribution is 0.0656. The van der Waals surface area contributed by atoms with E-state index >= 15 is 0 Å². The van der Waals surface area contributed by atoms with Crippen LogP contribution in [0.15, 0.2) is 42.7 Å². The SMILES string of the molecule is C[C@@H]1CNCCN1C(=O)c1ccc(-n2cccn2)cc1.Cl. The first-order valence-corrected chi connectivity index (χ1v) is 6.87. The number of carbonyl (C=O) groups excluding carboxylic acids is 1. The second kappa shape index (κ2) is 6.74. The van der Waals surface area contributed by atoms with Crippen molar-refractivity contribution in [1.82, 2.24) is 20.0 Å². The molecule has 2 aromatic rings. The molecule has 1 aliphatic heterocycles. The van der Waals surface area contributed by atoms with Crippen LogP contribution in [0.3, 0.4) is 0 Å². The van der Waals surface area contributed by atoms with Gasteiger partial charge in [0.2, 0.25) is 0 Å². The molecule has 0 unspecified atom stereocenters. The maximum absolute atomic E-state index is 12.5. The summed E-state index contributed by atoms with van der Waals surface area (Å²) in [5, 5.41) is 7.47. The summed E-state index contributed by atoms with van der Waals surface area (Å²) in [5.74, 6) is 0.103. The van der Waals surface area contributed by atoms with Gasteiger partial charge in [-0.3, -0.25) is 4.79 Å². The van der Waals surface area contributed by atoms with Gasteiger partial charge in [0, 0.05) is 43.6 Å². The molecule has 2 heterocycles. The van der Waals surface area contributed by atoms with E-state index in [1.165, 1.54) is 0 Å². The lowest BCUT2D eigenvalue weighted by Gasteiger charge is -2.34. The molecule has 1 saturated heterocycles. The van der Waals surface area contributed by atoms with E-state index in [-0.39, 0.29) is 24.4 Å². The van der Waals surface area contributed by atoms with Crippen LogP contribution in [0.4, 0.5) is 0 Å². The minimum Gasteiger partial charge on any atom is -0.333 e. The standard InChI is InChI=1S/C15H18N4O.ClH/c1-12-11-16-8-10-18(12)15(20)13-3-5-14(6-4-13)19-9-2-7-17-19;/h2-7,9,12,16H,8,10-11H2,1H3;1H/t12-;/m1./s1. The monoisotopic (exact) mass is 306 g/mol. The van der Waals surface area contributed by atoms with E-state index in [1.54, 1.807) is 10.9 Å². The predicted molar refractivity (Wildman–Crippen MR) is 84.2 cm³/mol. The van der Waals surface area contributed by atoms with Gasteiger partial charge in [-0.05, 0) is 37.3 Å². The highest BCUT2D eigenvalue weighted by atomic mass is 35.5. The van der Waals surface area contributed by atoms with E-state index in [0.717, 1.165) is 30.9 Å². The fraction of sp³-hybridized carbons (Fsp3) is 0.333. The summed E-state index contributed by atoms with van der Waals surface area (Å²) in [6, 6.07) is 9.70. The van der Waals surface area contributed by atoms with Crippen LogP contribution in [0.1, 0.15) is 17.3 Å². The van der Waals surface area contributed by atoms with Crippen molar-refractivity contribution in [3.63, 3.8) is 0 Å². The molecule has 1 N–H and O–H groups in total. The largest absolute Gasteiger partial charge is 0.333 e. The van der Waals surface area contributed by atoms with Gasteiger partial charge < -0.3 is 10.2 Å². The third-order valence-electron chi connectivity index (χ3n) is 3.65. The number of nitrogens with one attached hydrogen (secondary N) is 1. The first-order chi connectivity index (χ1) is 9.75. The number of piperazine rings is 1. The van der Waals surface area contributed by atoms with Gasteiger partial charge in [-0.15, -0.1) is 12.4 Å². The topological polar surface area (TPSA) is 50.2 Å².